The summed E-state index contributed by atoms with van der Waals surface area (Å²) in [5.74, 6) is 0.866. The number of allylic oxidation sites excluding steroid dienone is 2. The van der Waals surface area contributed by atoms with E-state index in [1.165, 1.54) is 109 Å². The summed E-state index contributed by atoms with van der Waals surface area (Å²) < 4.78 is 6.05. The van der Waals surface area contributed by atoms with Crippen LogP contribution in [0.3, 0.4) is 0 Å². The molecule has 0 aliphatic rings. The Labute approximate surface area is 178 Å². The largest absolute Gasteiger partial charge is 0.547 e. The van der Waals surface area contributed by atoms with E-state index in [9.17, 15) is 4.79 Å². The maximum atomic E-state index is 11.1. The molecular formula is C25H50O2Si. The van der Waals surface area contributed by atoms with E-state index < -0.39 is 8.32 Å². The van der Waals surface area contributed by atoms with Crippen LogP contribution in [0.25, 0.3) is 0 Å². The fraction of sp³-hybridized carbons (Fsp3) is 0.880. The van der Waals surface area contributed by atoms with E-state index in [1.54, 1.807) is 13.0 Å². The Hall–Kier alpha value is -0.573. The first-order chi connectivity index (χ1) is 13.4. The van der Waals surface area contributed by atoms with Gasteiger partial charge >= 0.3 is 0 Å². The minimum Gasteiger partial charge on any atom is -0.547 e. The number of carbonyl (C=O) groups excluding carboxylic acids is 1. The lowest BCUT2D eigenvalue weighted by Crippen LogP contribution is -2.29. The molecule has 0 radical (unpaired) electrons. The van der Waals surface area contributed by atoms with Crippen molar-refractivity contribution in [2.75, 3.05) is 0 Å². The van der Waals surface area contributed by atoms with Crippen LogP contribution < -0.4 is 0 Å². The van der Waals surface area contributed by atoms with Crippen molar-refractivity contribution in [1.29, 1.82) is 0 Å². The Morgan fingerprint density at radius 1 is 0.679 bits per heavy atom. The maximum Gasteiger partial charge on any atom is 0.244 e. The lowest BCUT2D eigenvalue weighted by Gasteiger charge is -2.24. The first-order valence-electron chi connectivity index (χ1n) is 12.3. The van der Waals surface area contributed by atoms with Gasteiger partial charge in [0, 0.05) is 6.08 Å². The molecule has 0 heterocycles. The second-order valence-electron chi connectivity index (χ2n) is 9.28. The van der Waals surface area contributed by atoms with Gasteiger partial charge in [-0.15, -0.1) is 0 Å². The summed E-state index contributed by atoms with van der Waals surface area (Å²) in [6, 6.07) is 1.19. The normalized spacial score (nSPS) is 12.4. The van der Waals surface area contributed by atoms with Crippen molar-refractivity contribution in [2.24, 2.45) is 0 Å². The van der Waals surface area contributed by atoms with Crippen LogP contribution in [-0.2, 0) is 9.22 Å². The first kappa shape index (κ1) is 27.4. The van der Waals surface area contributed by atoms with Crippen molar-refractivity contribution in [2.45, 2.75) is 143 Å². The Morgan fingerprint density at radius 3 is 1.39 bits per heavy atom. The van der Waals surface area contributed by atoms with Crippen molar-refractivity contribution in [3.05, 3.63) is 11.8 Å². The van der Waals surface area contributed by atoms with E-state index in [0.717, 1.165) is 5.76 Å². The molecule has 0 aliphatic heterocycles. The molecule has 0 N–H and O–H groups in total. The van der Waals surface area contributed by atoms with E-state index in [4.69, 9.17) is 4.43 Å². The van der Waals surface area contributed by atoms with Gasteiger partial charge < -0.3 is 4.43 Å². The maximum absolute atomic E-state index is 11.1. The Morgan fingerprint density at radius 2 is 1.04 bits per heavy atom. The number of rotatable bonds is 20. The fourth-order valence-electron chi connectivity index (χ4n) is 3.90. The Balaban J connectivity index is 3.38. The number of hydrogen-bond donors (Lipinski definition) is 0. The zero-order chi connectivity index (χ0) is 21.1. The molecule has 0 atom stereocenters. The zero-order valence-electron chi connectivity index (χ0n) is 19.9. The van der Waals surface area contributed by atoms with Gasteiger partial charge in [0.2, 0.25) is 8.32 Å². The topological polar surface area (TPSA) is 26.3 Å². The second-order valence-corrected chi connectivity index (χ2v) is 13.5. The van der Waals surface area contributed by atoms with Crippen LogP contribution >= 0.6 is 0 Å². The lowest BCUT2D eigenvalue weighted by atomic mass is 10.0. The molecule has 0 aromatic heterocycles. The predicted octanol–water partition coefficient (Wildman–Crippen LogP) is 8.96. The van der Waals surface area contributed by atoms with E-state index in [1.807, 2.05) is 6.92 Å². The standard InChI is InChI=1S/C25H50O2Si/c1-6-7-8-9-10-11-12-13-14-15-16-17-18-19-20-21-22-28(4,5)27-25(3)23-24(2)26/h23H,6-22H2,1-5H3/b25-23-. The van der Waals surface area contributed by atoms with Crippen LogP contribution in [0.2, 0.25) is 19.1 Å². The molecule has 0 fully saturated rings. The summed E-state index contributed by atoms with van der Waals surface area (Å²) in [5, 5.41) is 0. The second kappa shape index (κ2) is 18.5. The zero-order valence-corrected chi connectivity index (χ0v) is 20.9. The molecule has 0 spiro atoms. The quantitative estimate of drug-likeness (QED) is 0.0866. The highest BCUT2D eigenvalue weighted by atomic mass is 28.4. The van der Waals surface area contributed by atoms with Crippen LogP contribution in [-0.4, -0.2) is 14.1 Å². The van der Waals surface area contributed by atoms with Crippen molar-refractivity contribution < 1.29 is 9.22 Å². The molecule has 0 bridgehead atoms. The van der Waals surface area contributed by atoms with Crippen LogP contribution in [0.5, 0.6) is 0 Å². The van der Waals surface area contributed by atoms with E-state index >= 15 is 0 Å². The van der Waals surface area contributed by atoms with Crippen molar-refractivity contribution in [3.63, 3.8) is 0 Å². The molecule has 0 amide bonds. The highest BCUT2D eigenvalue weighted by molar-refractivity contribution is 6.71. The van der Waals surface area contributed by atoms with E-state index in [-0.39, 0.29) is 5.78 Å². The lowest BCUT2D eigenvalue weighted by molar-refractivity contribution is -0.112. The van der Waals surface area contributed by atoms with Crippen molar-refractivity contribution in [1.82, 2.24) is 0 Å². The van der Waals surface area contributed by atoms with Gasteiger partial charge in [0.1, 0.15) is 0 Å². The van der Waals surface area contributed by atoms with E-state index in [0.29, 0.717) is 0 Å². The summed E-state index contributed by atoms with van der Waals surface area (Å²) in [7, 11) is -1.66. The number of ketones is 1. The van der Waals surface area contributed by atoms with Gasteiger partial charge in [-0.25, -0.2) is 0 Å². The number of hydrogen-bond acceptors (Lipinski definition) is 2. The van der Waals surface area contributed by atoms with Gasteiger partial charge in [-0.1, -0.05) is 110 Å². The highest BCUT2D eigenvalue weighted by Crippen LogP contribution is 2.20. The van der Waals surface area contributed by atoms with Gasteiger partial charge in [0.05, 0.1) is 5.76 Å². The summed E-state index contributed by atoms with van der Waals surface area (Å²) in [5.41, 5.74) is 0. The monoisotopic (exact) mass is 410 g/mol. The number of carbonyl (C=O) groups is 1. The first-order valence-corrected chi connectivity index (χ1v) is 15.4. The van der Waals surface area contributed by atoms with Gasteiger partial charge in [0.15, 0.2) is 5.78 Å². The minimum absolute atomic E-state index is 0.0738. The molecule has 0 unspecified atom stereocenters. The van der Waals surface area contributed by atoms with Crippen LogP contribution in [0, 0.1) is 0 Å². The third-order valence-electron chi connectivity index (χ3n) is 5.48. The van der Waals surface area contributed by atoms with Gasteiger partial charge in [0.25, 0.3) is 0 Å². The van der Waals surface area contributed by atoms with Gasteiger partial charge in [-0.2, -0.15) is 0 Å². The van der Waals surface area contributed by atoms with Crippen LogP contribution in [0.4, 0.5) is 0 Å². The molecule has 0 aromatic rings. The molecule has 166 valence electrons. The molecule has 0 rings (SSSR count). The summed E-state index contributed by atoms with van der Waals surface area (Å²) in [4.78, 5) is 11.1. The van der Waals surface area contributed by atoms with Gasteiger partial charge in [-0.3, -0.25) is 4.79 Å². The Kier molecular flexibility index (Phi) is 18.1. The average Bonchev–Trinajstić information content (AvgIpc) is 2.60. The van der Waals surface area contributed by atoms with E-state index in [2.05, 4.69) is 20.0 Å². The van der Waals surface area contributed by atoms with Crippen molar-refractivity contribution in [3.8, 4) is 0 Å². The minimum atomic E-state index is -1.66. The molecule has 0 aliphatic carbocycles. The third kappa shape index (κ3) is 20.2. The van der Waals surface area contributed by atoms with Crippen LogP contribution in [0.15, 0.2) is 11.8 Å². The third-order valence-corrected chi connectivity index (χ3v) is 7.91. The summed E-state index contributed by atoms with van der Waals surface area (Å²) in [6.07, 6.45) is 24.2. The fourth-order valence-corrected chi connectivity index (χ4v) is 6.04. The van der Waals surface area contributed by atoms with Crippen molar-refractivity contribution >= 4 is 14.1 Å². The molecule has 0 saturated carbocycles. The molecule has 3 heteroatoms. The SMILES string of the molecule is CCCCCCCCCCCCCCCCCC[Si](C)(C)O/C(C)=C\C(C)=O. The molecule has 28 heavy (non-hydrogen) atoms. The number of unbranched alkanes of at least 4 members (excludes halogenated alkanes) is 15. The molecule has 0 aromatic carbocycles. The molecule has 0 saturated heterocycles. The Bertz CT molecular complexity index is 401. The van der Waals surface area contributed by atoms with Gasteiger partial charge in [-0.05, 0) is 33.0 Å². The predicted molar refractivity (Wildman–Crippen MR) is 127 cm³/mol. The molecular weight excluding hydrogens is 360 g/mol. The highest BCUT2D eigenvalue weighted by Gasteiger charge is 2.23. The molecule has 2 nitrogen and oxygen atoms in total. The summed E-state index contributed by atoms with van der Waals surface area (Å²) in [6.45, 7) is 10.3. The average molecular weight is 411 g/mol. The smallest absolute Gasteiger partial charge is 0.244 e. The van der Waals surface area contributed by atoms with Crippen LogP contribution in [0.1, 0.15) is 124 Å². The summed E-state index contributed by atoms with van der Waals surface area (Å²) >= 11 is 0.